The van der Waals surface area contributed by atoms with E-state index in [1.54, 1.807) is 0 Å². The number of carbonyl (C=O) groups is 2. The number of carboxylic acid groups (broad SMARTS) is 1. The first kappa shape index (κ1) is 17.1. The lowest BCUT2D eigenvalue weighted by atomic mass is 9.93. The molecule has 9 heteroatoms. The number of hydrogen-bond donors (Lipinski definition) is 3. The summed E-state index contributed by atoms with van der Waals surface area (Å²) < 4.78 is 5.03. The molecule has 1 aromatic heterocycles. The number of carbonyl (C=O) groups excluding carboxylic acids is 1. The second kappa shape index (κ2) is 7.18. The number of furan rings is 1. The molecule has 0 aromatic carbocycles. The van der Waals surface area contributed by atoms with Crippen molar-refractivity contribution in [2.24, 2.45) is 0 Å². The summed E-state index contributed by atoms with van der Waals surface area (Å²) >= 11 is 0. The third kappa shape index (κ3) is 3.58. The number of hydrogen-bond acceptors (Lipinski definition) is 8. The summed E-state index contributed by atoms with van der Waals surface area (Å²) in [5, 5.41) is 29.1. The average Bonchev–Trinajstić information content (AvgIpc) is 2.95. The molecule has 0 aliphatic heterocycles. The Hall–Kier alpha value is -1.94. The van der Waals surface area contributed by atoms with Gasteiger partial charge in [-0.15, -0.1) is 0 Å². The molecule has 0 saturated carbocycles. The van der Waals surface area contributed by atoms with Crippen LogP contribution in [0.2, 0.25) is 0 Å². The highest BCUT2D eigenvalue weighted by Gasteiger charge is 2.54. The van der Waals surface area contributed by atoms with Gasteiger partial charge in [-0.3, -0.25) is 5.21 Å². The topological polar surface area (TPSA) is 124 Å². The van der Waals surface area contributed by atoms with E-state index in [0.717, 1.165) is 0 Å². The van der Waals surface area contributed by atoms with Crippen molar-refractivity contribution in [2.45, 2.75) is 25.8 Å². The Morgan fingerprint density at radius 1 is 1.33 bits per heavy atom. The van der Waals surface area contributed by atoms with Gasteiger partial charge in [-0.1, -0.05) is 6.92 Å². The molecule has 118 valence electrons. The Morgan fingerprint density at radius 3 is 2.43 bits per heavy atom. The van der Waals surface area contributed by atoms with Gasteiger partial charge in [0.2, 0.25) is 5.54 Å². The summed E-state index contributed by atoms with van der Waals surface area (Å²) in [7, 11) is 0. The zero-order valence-corrected chi connectivity index (χ0v) is 11.7. The van der Waals surface area contributed by atoms with Crippen molar-refractivity contribution < 1.29 is 34.4 Å². The second-order valence-electron chi connectivity index (χ2n) is 4.18. The molecule has 0 fully saturated rings. The van der Waals surface area contributed by atoms with E-state index in [0.29, 0.717) is 5.06 Å². The minimum Gasteiger partial charge on any atom is -0.479 e. The number of nitrogens with zero attached hydrogens (tertiary/aromatic N) is 2. The van der Waals surface area contributed by atoms with Crippen LogP contribution in [0.3, 0.4) is 0 Å². The molecule has 0 radical (unpaired) electrons. The van der Waals surface area contributed by atoms with Crippen LogP contribution in [0.4, 0.5) is 0 Å². The summed E-state index contributed by atoms with van der Waals surface area (Å²) in [5.41, 5.74) is -2.43. The van der Waals surface area contributed by atoms with Crippen LogP contribution in [0, 0.1) is 0 Å². The van der Waals surface area contributed by atoms with E-state index in [1.807, 2.05) is 0 Å². The minimum atomic E-state index is -2.43. The molecular weight excluding hydrogens is 284 g/mol. The van der Waals surface area contributed by atoms with Crippen LogP contribution in [0.5, 0.6) is 0 Å². The zero-order valence-electron chi connectivity index (χ0n) is 11.7. The maximum atomic E-state index is 12.2. The molecule has 1 unspecified atom stereocenters. The van der Waals surface area contributed by atoms with Crippen molar-refractivity contribution >= 4 is 11.9 Å². The molecule has 0 amide bonds. The van der Waals surface area contributed by atoms with Crippen molar-refractivity contribution in [3.63, 3.8) is 0 Å². The van der Waals surface area contributed by atoms with E-state index in [-0.39, 0.29) is 24.1 Å². The van der Waals surface area contributed by atoms with Crippen molar-refractivity contribution in [3.8, 4) is 0 Å². The predicted octanol–water partition coefficient (Wildman–Crippen LogP) is 0.526. The maximum Gasteiger partial charge on any atom is 0.362 e. The molecule has 0 aliphatic rings. The maximum absolute atomic E-state index is 12.2. The lowest BCUT2D eigenvalue weighted by Gasteiger charge is -2.33. The highest BCUT2D eigenvalue weighted by molar-refractivity contribution is 6.04. The molecule has 1 heterocycles. The third-order valence-corrected chi connectivity index (χ3v) is 2.90. The highest BCUT2D eigenvalue weighted by Crippen LogP contribution is 2.23. The lowest BCUT2D eigenvalue weighted by molar-refractivity contribution is -0.325. The van der Waals surface area contributed by atoms with Gasteiger partial charge in [0.25, 0.3) is 0 Å². The largest absolute Gasteiger partial charge is 0.479 e. The molecule has 0 spiro atoms. The van der Waals surface area contributed by atoms with Crippen LogP contribution in [-0.2, 0) is 20.8 Å². The number of hydroxylamine groups is 4. The quantitative estimate of drug-likeness (QED) is 0.465. The monoisotopic (exact) mass is 302 g/mol. The van der Waals surface area contributed by atoms with Crippen LogP contribution < -0.4 is 0 Å². The van der Waals surface area contributed by atoms with Gasteiger partial charge in [0, 0.05) is 13.0 Å². The van der Waals surface area contributed by atoms with E-state index in [4.69, 9.17) is 4.42 Å². The van der Waals surface area contributed by atoms with E-state index in [1.165, 1.54) is 32.2 Å². The Morgan fingerprint density at radius 2 is 2.00 bits per heavy atom. The van der Waals surface area contributed by atoms with Crippen LogP contribution in [0.15, 0.2) is 22.8 Å². The fourth-order valence-electron chi connectivity index (χ4n) is 1.71. The van der Waals surface area contributed by atoms with Crippen LogP contribution in [0.1, 0.15) is 19.6 Å². The molecule has 3 N–H and O–H groups in total. The number of aliphatic carboxylic acids is 1. The van der Waals surface area contributed by atoms with Crippen LogP contribution in [-0.4, -0.2) is 56.4 Å². The smallest absolute Gasteiger partial charge is 0.362 e. The van der Waals surface area contributed by atoms with Gasteiger partial charge in [0.1, 0.15) is 5.76 Å². The SMILES string of the molecule is CCN(O)OC(=O)C(Cc1ccco1)(C(=O)O)N(O)CC. The summed E-state index contributed by atoms with van der Waals surface area (Å²) in [6.45, 7) is 2.72. The predicted molar refractivity (Wildman–Crippen MR) is 67.2 cm³/mol. The fourth-order valence-corrected chi connectivity index (χ4v) is 1.71. The molecular formula is C12H18N2O7. The van der Waals surface area contributed by atoms with Gasteiger partial charge in [-0.2, -0.15) is 5.06 Å². The van der Waals surface area contributed by atoms with E-state index in [9.17, 15) is 25.1 Å². The normalized spacial score (nSPS) is 14.2. The van der Waals surface area contributed by atoms with Gasteiger partial charge in [0.15, 0.2) is 0 Å². The first-order valence-electron chi connectivity index (χ1n) is 6.29. The first-order valence-corrected chi connectivity index (χ1v) is 6.29. The summed E-state index contributed by atoms with van der Waals surface area (Å²) in [5.74, 6) is -2.79. The standard InChI is InChI=1S/C12H18N2O7/c1-3-13(18)12(10(15)16,8-9-6-5-7-20-9)11(17)21-14(19)4-2/h5-7,18-19H,3-4,8H2,1-2H3,(H,15,16). The van der Waals surface area contributed by atoms with Crippen molar-refractivity contribution in [1.29, 1.82) is 0 Å². The number of rotatable bonds is 8. The average molecular weight is 302 g/mol. The van der Waals surface area contributed by atoms with Gasteiger partial charge in [-0.25, -0.2) is 9.59 Å². The Balaban J connectivity index is 3.17. The van der Waals surface area contributed by atoms with Crippen molar-refractivity contribution in [3.05, 3.63) is 24.2 Å². The van der Waals surface area contributed by atoms with Crippen LogP contribution >= 0.6 is 0 Å². The molecule has 0 aliphatic carbocycles. The number of likely N-dealkylation sites (N-methyl/N-ethyl adjacent to an activating group) is 1. The molecule has 9 nitrogen and oxygen atoms in total. The molecule has 21 heavy (non-hydrogen) atoms. The van der Waals surface area contributed by atoms with Gasteiger partial charge < -0.3 is 19.6 Å². The molecule has 1 rings (SSSR count). The first-order chi connectivity index (χ1) is 9.88. The van der Waals surface area contributed by atoms with Gasteiger partial charge >= 0.3 is 11.9 Å². The highest BCUT2D eigenvalue weighted by atomic mass is 16.9. The van der Waals surface area contributed by atoms with Crippen molar-refractivity contribution in [1.82, 2.24) is 10.3 Å². The molecule has 1 aromatic rings. The summed E-state index contributed by atoms with van der Waals surface area (Å²) in [4.78, 5) is 28.3. The molecule has 0 bridgehead atoms. The third-order valence-electron chi connectivity index (χ3n) is 2.90. The van der Waals surface area contributed by atoms with Gasteiger partial charge in [-0.05, 0) is 24.3 Å². The van der Waals surface area contributed by atoms with E-state index >= 15 is 0 Å². The Labute approximate surface area is 120 Å². The van der Waals surface area contributed by atoms with E-state index in [2.05, 4.69) is 4.84 Å². The van der Waals surface area contributed by atoms with Gasteiger partial charge in [0.05, 0.1) is 12.8 Å². The molecule has 1 atom stereocenters. The minimum absolute atomic E-state index is 0.0697. The summed E-state index contributed by atoms with van der Waals surface area (Å²) in [6, 6.07) is 2.98. The number of carboxylic acids is 1. The van der Waals surface area contributed by atoms with Crippen molar-refractivity contribution in [2.75, 3.05) is 13.1 Å². The lowest BCUT2D eigenvalue weighted by Crippen LogP contribution is -2.62. The zero-order chi connectivity index (χ0) is 16.0. The Kier molecular flexibility index (Phi) is 5.85. The fraction of sp³-hybridized carbons (Fsp3) is 0.500. The van der Waals surface area contributed by atoms with Crippen LogP contribution in [0.25, 0.3) is 0 Å². The van der Waals surface area contributed by atoms with E-state index < -0.39 is 23.9 Å². The molecule has 0 saturated heterocycles. The Bertz CT molecular complexity index is 476. The second-order valence-corrected chi connectivity index (χ2v) is 4.18. The summed E-state index contributed by atoms with van der Waals surface area (Å²) in [6.07, 6.45) is 0.849.